The molecule has 1 N–H and O–H groups in total. The molecule has 0 aliphatic carbocycles. The van der Waals surface area contributed by atoms with Gasteiger partial charge in [0.2, 0.25) is 0 Å². The number of halogens is 1. The number of hydrogen-bond donors (Lipinski definition) is 1. The fourth-order valence-corrected chi connectivity index (χ4v) is 3.86. The number of carboxylic acids is 1. The van der Waals surface area contributed by atoms with Gasteiger partial charge in [-0.25, -0.2) is 4.79 Å². The molecule has 1 heterocycles. The number of terminal acetylenes is 1. The summed E-state index contributed by atoms with van der Waals surface area (Å²) in [5.74, 6) is 1.50. The minimum absolute atomic E-state index is 0.0497. The average Bonchev–Trinajstić information content (AvgIpc) is 2.95. The van der Waals surface area contributed by atoms with E-state index in [1.807, 2.05) is 0 Å². The zero-order valence-corrected chi connectivity index (χ0v) is 17.3. The number of aromatic carboxylic acids is 1. The Hall–Kier alpha value is -3.02. The van der Waals surface area contributed by atoms with Crippen LogP contribution in [0.5, 0.6) is 5.75 Å². The highest BCUT2D eigenvalue weighted by Crippen LogP contribution is 2.33. The molecular weight excluding hydrogens is 458 g/mol. The van der Waals surface area contributed by atoms with Crippen LogP contribution in [0.1, 0.15) is 21.5 Å². The number of thioether (sulfide) groups is 1. The number of carbonyl (C=O) groups is 3. The van der Waals surface area contributed by atoms with Gasteiger partial charge in [0.15, 0.2) is 0 Å². The highest BCUT2D eigenvalue weighted by molar-refractivity contribution is 9.10. The van der Waals surface area contributed by atoms with Gasteiger partial charge in [-0.1, -0.05) is 24.1 Å². The van der Waals surface area contributed by atoms with Crippen LogP contribution in [0.3, 0.4) is 0 Å². The predicted octanol–water partition coefficient (Wildman–Crippen LogP) is 4.40. The lowest BCUT2D eigenvalue weighted by Gasteiger charge is -2.09. The smallest absolute Gasteiger partial charge is 0.335 e. The van der Waals surface area contributed by atoms with Crippen molar-refractivity contribution in [2.24, 2.45) is 0 Å². The normalized spacial score (nSPS) is 14.9. The second-order valence-corrected chi connectivity index (χ2v) is 7.80. The van der Waals surface area contributed by atoms with Crippen molar-refractivity contribution in [1.29, 1.82) is 0 Å². The van der Waals surface area contributed by atoms with Crippen molar-refractivity contribution in [3.63, 3.8) is 0 Å². The number of carbonyl (C=O) groups excluding carboxylic acids is 2. The molecule has 1 fully saturated rings. The zero-order valence-electron chi connectivity index (χ0n) is 14.9. The standard InChI is InChI=1S/C21H14BrNO5S/c1-2-9-23-19(24)18(29-21(23)27)11-14-5-8-17(16(22)10-14)28-12-13-3-6-15(7-4-13)20(25)26/h1,3-8,10-11H,9,12H2,(H,25,26). The lowest BCUT2D eigenvalue weighted by atomic mass is 10.1. The van der Waals surface area contributed by atoms with Gasteiger partial charge in [-0.2, -0.15) is 0 Å². The maximum atomic E-state index is 12.2. The van der Waals surface area contributed by atoms with E-state index in [0.29, 0.717) is 15.1 Å². The largest absolute Gasteiger partial charge is 0.488 e. The molecule has 0 bridgehead atoms. The molecule has 0 saturated carbocycles. The van der Waals surface area contributed by atoms with Gasteiger partial charge in [0.1, 0.15) is 12.4 Å². The molecule has 0 atom stereocenters. The van der Waals surface area contributed by atoms with Gasteiger partial charge in [-0.15, -0.1) is 6.42 Å². The summed E-state index contributed by atoms with van der Waals surface area (Å²) in [6.07, 6.45) is 6.81. The minimum Gasteiger partial charge on any atom is -0.488 e. The maximum Gasteiger partial charge on any atom is 0.335 e. The van der Waals surface area contributed by atoms with Gasteiger partial charge in [0.05, 0.1) is 21.5 Å². The molecule has 3 rings (SSSR count). The van der Waals surface area contributed by atoms with Crippen LogP contribution < -0.4 is 4.74 Å². The quantitative estimate of drug-likeness (QED) is 0.496. The minimum atomic E-state index is -0.979. The molecule has 2 aromatic rings. The molecule has 146 valence electrons. The topological polar surface area (TPSA) is 83.9 Å². The second kappa shape index (κ2) is 8.99. The Balaban J connectivity index is 1.69. The van der Waals surface area contributed by atoms with E-state index in [9.17, 15) is 14.4 Å². The van der Waals surface area contributed by atoms with Crippen LogP contribution >= 0.6 is 27.7 Å². The van der Waals surface area contributed by atoms with Gasteiger partial charge in [0, 0.05) is 0 Å². The Kier molecular flexibility index (Phi) is 6.42. The van der Waals surface area contributed by atoms with Gasteiger partial charge >= 0.3 is 5.97 Å². The molecule has 8 heteroatoms. The highest BCUT2D eigenvalue weighted by atomic mass is 79.9. The molecule has 0 unspecified atom stereocenters. The first-order chi connectivity index (χ1) is 13.9. The van der Waals surface area contributed by atoms with Crippen molar-refractivity contribution < 1.29 is 24.2 Å². The van der Waals surface area contributed by atoms with E-state index in [-0.39, 0.29) is 24.0 Å². The molecule has 29 heavy (non-hydrogen) atoms. The third-order valence-corrected chi connectivity index (χ3v) is 5.50. The molecule has 0 aromatic heterocycles. The number of amides is 2. The second-order valence-electron chi connectivity index (χ2n) is 5.95. The summed E-state index contributed by atoms with van der Waals surface area (Å²) in [7, 11) is 0. The average molecular weight is 472 g/mol. The summed E-state index contributed by atoms with van der Waals surface area (Å²) >= 11 is 4.29. The lowest BCUT2D eigenvalue weighted by Crippen LogP contribution is -2.28. The molecule has 0 radical (unpaired) electrons. The van der Waals surface area contributed by atoms with Crippen LogP contribution in [-0.2, 0) is 11.4 Å². The van der Waals surface area contributed by atoms with Crippen LogP contribution in [0.25, 0.3) is 6.08 Å². The first-order valence-corrected chi connectivity index (χ1v) is 9.93. The van der Waals surface area contributed by atoms with Crippen molar-refractivity contribution in [1.82, 2.24) is 4.90 Å². The first-order valence-electron chi connectivity index (χ1n) is 8.32. The van der Waals surface area contributed by atoms with Crippen molar-refractivity contribution in [2.75, 3.05) is 6.54 Å². The molecule has 2 aromatic carbocycles. The molecule has 0 spiro atoms. The Morgan fingerprint density at radius 1 is 1.24 bits per heavy atom. The van der Waals surface area contributed by atoms with Gasteiger partial charge in [-0.05, 0) is 69.2 Å². The third kappa shape index (κ3) is 4.88. The number of hydrogen-bond acceptors (Lipinski definition) is 5. The number of imide groups is 1. The Labute approximate surface area is 179 Å². The number of nitrogens with zero attached hydrogens (tertiary/aromatic N) is 1. The van der Waals surface area contributed by atoms with Crippen LogP contribution in [0.2, 0.25) is 0 Å². The Bertz CT molecular complexity index is 1060. The van der Waals surface area contributed by atoms with Gasteiger partial charge < -0.3 is 9.84 Å². The summed E-state index contributed by atoms with van der Waals surface area (Å²) in [5, 5.41) is 8.54. The fraction of sp³-hybridized carbons (Fsp3) is 0.0952. The zero-order chi connectivity index (χ0) is 21.0. The van der Waals surface area contributed by atoms with Crippen molar-refractivity contribution in [3.05, 3.63) is 68.5 Å². The Morgan fingerprint density at radius 3 is 2.59 bits per heavy atom. The van der Waals surface area contributed by atoms with Gasteiger partial charge in [-0.3, -0.25) is 14.5 Å². The number of carboxylic acid groups (broad SMARTS) is 1. The number of benzene rings is 2. The number of ether oxygens (including phenoxy) is 1. The van der Waals surface area contributed by atoms with Crippen molar-refractivity contribution in [2.45, 2.75) is 6.61 Å². The number of rotatable bonds is 6. The lowest BCUT2D eigenvalue weighted by molar-refractivity contribution is -0.122. The van der Waals surface area contributed by atoms with E-state index < -0.39 is 11.9 Å². The van der Waals surface area contributed by atoms with Crippen LogP contribution in [0, 0.1) is 12.3 Å². The molecule has 2 amide bonds. The van der Waals surface area contributed by atoms with E-state index in [2.05, 4.69) is 21.9 Å². The van der Waals surface area contributed by atoms with E-state index in [1.165, 1.54) is 12.1 Å². The molecule has 1 aliphatic rings. The molecule has 1 aliphatic heterocycles. The van der Waals surface area contributed by atoms with Crippen LogP contribution in [-0.4, -0.2) is 33.7 Å². The fourth-order valence-electron chi connectivity index (χ4n) is 2.51. The summed E-state index contributed by atoms with van der Waals surface area (Å²) in [4.78, 5) is 36.3. The van der Waals surface area contributed by atoms with Crippen molar-refractivity contribution in [3.8, 4) is 18.1 Å². The summed E-state index contributed by atoms with van der Waals surface area (Å²) in [6.45, 7) is 0.217. The highest BCUT2D eigenvalue weighted by Gasteiger charge is 2.34. The van der Waals surface area contributed by atoms with E-state index in [1.54, 1.807) is 36.4 Å². The van der Waals surface area contributed by atoms with E-state index in [0.717, 1.165) is 27.8 Å². The monoisotopic (exact) mass is 471 g/mol. The predicted molar refractivity (Wildman–Crippen MR) is 113 cm³/mol. The van der Waals surface area contributed by atoms with Crippen LogP contribution in [0.15, 0.2) is 51.8 Å². The summed E-state index contributed by atoms with van der Waals surface area (Å²) in [5.41, 5.74) is 1.76. The summed E-state index contributed by atoms with van der Waals surface area (Å²) in [6, 6.07) is 11.7. The molecular formula is C21H14BrNO5S. The van der Waals surface area contributed by atoms with E-state index >= 15 is 0 Å². The SMILES string of the molecule is C#CCN1C(=O)SC(=Cc2ccc(OCc3ccc(C(=O)O)cc3)c(Br)c2)C1=O. The third-order valence-electron chi connectivity index (χ3n) is 3.97. The van der Waals surface area contributed by atoms with E-state index in [4.69, 9.17) is 16.3 Å². The van der Waals surface area contributed by atoms with Crippen molar-refractivity contribution >= 4 is 50.9 Å². The molecule has 1 saturated heterocycles. The van der Waals surface area contributed by atoms with Gasteiger partial charge in [0.25, 0.3) is 11.1 Å². The Morgan fingerprint density at radius 2 is 1.97 bits per heavy atom. The molecule has 6 nitrogen and oxygen atoms in total. The maximum absolute atomic E-state index is 12.2. The first kappa shape index (κ1) is 20.7. The summed E-state index contributed by atoms with van der Waals surface area (Å²) < 4.78 is 6.44. The van der Waals surface area contributed by atoms with Crippen LogP contribution in [0.4, 0.5) is 4.79 Å².